The normalized spacial score (nSPS) is 15.6. The Bertz CT molecular complexity index is 1520. The van der Waals surface area contributed by atoms with Gasteiger partial charge in [-0.15, -0.1) is 0 Å². The fourth-order valence-corrected chi connectivity index (χ4v) is 4.89. The van der Waals surface area contributed by atoms with E-state index in [2.05, 4.69) is 4.99 Å². The van der Waals surface area contributed by atoms with Crippen molar-refractivity contribution in [1.29, 1.82) is 0 Å². The zero-order valence-electron chi connectivity index (χ0n) is 19.6. The van der Waals surface area contributed by atoms with Crippen molar-refractivity contribution in [2.45, 2.75) is 32.9 Å². The van der Waals surface area contributed by atoms with E-state index in [1.54, 1.807) is 70.4 Å². The summed E-state index contributed by atoms with van der Waals surface area (Å²) in [4.78, 5) is 42.3. The van der Waals surface area contributed by atoms with Gasteiger partial charge in [0.05, 0.1) is 40.0 Å². The third kappa shape index (κ3) is 4.78. The molecule has 35 heavy (non-hydrogen) atoms. The highest BCUT2D eigenvalue weighted by Crippen LogP contribution is 2.31. The zero-order chi connectivity index (χ0) is 25.3. The molecule has 180 valence electrons. The van der Waals surface area contributed by atoms with Gasteiger partial charge in [-0.1, -0.05) is 35.6 Å². The number of fused-ring (bicyclic) bond motifs is 1. The molecule has 0 saturated heterocycles. The summed E-state index contributed by atoms with van der Waals surface area (Å²) in [5, 5.41) is 11.1. The molecule has 3 aromatic rings. The number of nitrogens with zero attached hydrogens (tertiary/aromatic N) is 3. The van der Waals surface area contributed by atoms with E-state index in [0.29, 0.717) is 31.9 Å². The van der Waals surface area contributed by atoms with Crippen LogP contribution in [-0.2, 0) is 9.53 Å². The second-order valence-corrected chi connectivity index (χ2v) is 9.17. The van der Waals surface area contributed by atoms with Crippen molar-refractivity contribution >= 4 is 29.1 Å². The van der Waals surface area contributed by atoms with Gasteiger partial charge in [0.25, 0.3) is 11.2 Å². The Morgan fingerprint density at radius 3 is 2.57 bits per heavy atom. The van der Waals surface area contributed by atoms with E-state index in [1.807, 2.05) is 0 Å². The Morgan fingerprint density at radius 2 is 1.94 bits per heavy atom. The first kappa shape index (κ1) is 24.1. The Morgan fingerprint density at radius 1 is 1.23 bits per heavy atom. The molecule has 1 aliphatic heterocycles. The SMILES string of the molecule is COc1ccc([C@@H]2C(C(=O)OC(C)C)=C(C)N=c3sc(=Cc4cccc([N+](=O)[O-])c4)c(=O)n32)cc1. The predicted octanol–water partition coefficient (Wildman–Crippen LogP) is 3.10. The first-order valence-electron chi connectivity index (χ1n) is 10.8. The van der Waals surface area contributed by atoms with Gasteiger partial charge in [0.2, 0.25) is 0 Å². The van der Waals surface area contributed by atoms with Crippen LogP contribution in [0.3, 0.4) is 0 Å². The Balaban J connectivity index is 1.92. The molecule has 0 N–H and O–H groups in total. The number of nitro benzene ring substituents is 1. The maximum atomic E-state index is 13.6. The average molecular weight is 494 g/mol. The fourth-order valence-electron chi connectivity index (χ4n) is 3.84. The van der Waals surface area contributed by atoms with Crippen LogP contribution in [0.4, 0.5) is 5.69 Å². The number of carbonyl (C=O) groups excluding carboxylic acids is 1. The van der Waals surface area contributed by atoms with Gasteiger partial charge in [-0.2, -0.15) is 0 Å². The van der Waals surface area contributed by atoms with Crippen molar-refractivity contribution in [3.05, 3.63) is 101 Å². The molecule has 0 bridgehead atoms. The number of aromatic nitrogens is 1. The molecular formula is C25H23N3O6S. The topological polar surface area (TPSA) is 113 Å². The number of allylic oxidation sites excluding steroid dienone is 1. The molecular weight excluding hydrogens is 470 g/mol. The molecule has 2 heterocycles. The van der Waals surface area contributed by atoms with Crippen LogP contribution in [0.25, 0.3) is 6.08 Å². The third-order valence-electron chi connectivity index (χ3n) is 5.39. The standard InChI is InChI=1S/C25H23N3O6S/c1-14(2)34-24(30)21-15(3)26-25-27(22(21)17-8-10-19(33-4)11-9-17)23(29)20(35-25)13-16-6-5-7-18(12-16)28(31)32/h5-14,22H,1-4H3/t22-/m1/s1. The molecule has 10 heteroatoms. The highest BCUT2D eigenvalue weighted by Gasteiger charge is 2.33. The van der Waals surface area contributed by atoms with Crippen LogP contribution in [0.5, 0.6) is 5.75 Å². The van der Waals surface area contributed by atoms with E-state index in [9.17, 15) is 19.7 Å². The first-order chi connectivity index (χ1) is 16.7. The van der Waals surface area contributed by atoms with Gasteiger partial charge in [-0.05, 0) is 50.1 Å². The van der Waals surface area contributed by atoms with E-state index in [-0.39, 0.29) is 22.9 Å². The molecule has 2 aromatic carbocycles. The van der Waals surface area contributed by atoms with Gasteiger partial charge in [-0.25, -0.2) is 9.79 Å². The summed E-state index contributed by atoms with van der Waals surface area (Å²) >= 11 is 1.16. The molecule has 1 aromatic heterocycles. The lowest BCUT2D eigenvalue weighted by molar-refractivity contribution is -0.384. The second-order valence-electron chi connectivity index (χ2n) is 8.16. The van der Waals surface area contributed by atoms with Crippen molar-refractivity contribution in [2.75, 3.05) is 7.11 Å². The van der Waals surface area contributed by atoms with Crippen molar-refractivity contribution in [3.63, 3.8) is 0 Å². The molecule has 1 atom stereocenters. The molecule has 0 saturated carbocycles. The highest BCUT2D eigenvalue weighted by molar-refractivity contribution is 7.07. The minimum absolute atomic E-state index is 0.0720. The Kier molecular flexibility index (Phi) is 6.65. The van der Waals surface area contributed by atoms with Crippen LogP contribution in [0.15, 0.2) is 69.6 Å². The largest absolute Gasteiger partial charge is 0.497 e. The Hall–Kier alpha value is -4.05. The van der Waals surface area contributed by atoms with E-state index < -0.39 is 16.9 Å². The number of ether oxygens (including phenoxy) is 2. The van der Waals surface area contributed by atoms with Gasteiger partial charge in [0.1, 0.15) is 5.75 Å². The van der Waals surface area contributed by atoms with Crippen LogP contribution < -0.4 is 19.6 Å². The molecule has 4 rings (SSSR count). The van der Waals surface area contributed by atoms with Crippen LogP contribution in [0.1, 0.15) is 37.9 Å². The summed E-state index contributed by atoms with van der Waals surface area (Å²) in [6.45, 7) is 5.22. The quantitative estimate of drug-likeness (QED) is 0.296. The summed E-state index contributed by atoms with van der Waals surface area (Å²) in [5.41, 5.74) is 1.51. The number of rotatable bonds is 6. The fraction of sp³-hybridized carbons (Fsp3) is 0.240. The number of thiazole rings is 1. The lowest BCUT2D eigenvalue weighted by atomic mass is 9.96. The summed E-state index contributed by atoms with van der Waals surface area (Å²) < 4.78 is 12.6. The van der Waals surface area contributed by atoms with Gasteiger partial charge < -0.3 is 9.47 Å². The number of esters is 1. The van der Waals surface area contributed by atoms with E-state index in [1.165, 1.54) is 16.7 Å². The van der Waals surface area contributed by atoms with E-state index in [0.717, 1.165) is 11.3 Å². The molecule has 0 aliphatic carbocycles. The minimum atomic E-state index is -0.754. The number of benzene rings is 2. The minimum Gasteiger partial charge on any atom is -0.497 e. The molecule has 0 amide bonds. The van der Waals surface area contributed by atoms with Crippen LogP contribution >= 0.6 is 11.3 Å². The zero-order valence-corrected chi connectivity index (χ0v) is 20.4. The third-order valence-corrected chi connectivity index (χ3v) is 6.38. The van der Waals surface area contributed by atoms with Gasteiger partial charge in [0.15, 0.2) is 4.80 Å². The van der Waals surface area contributed by atoms with Crippen molar-refractivity contribution in [3.8, 4) is 5.75 Å². The van der Waals surface area contributed by atoms with Crippen molar-refractivity contribution in [1.82, 2.24) is 4.57 Å². The van der Waals surface area contributed by atoms with E-state index >= 15 is 0 Å². The van der Waals surface area contributed by atoms with Crippen LogP contribution in [-0.4, -0.2) is 28.7 Å². The first-order valence-corrected chi connectivity index (χ1v) is 11.6. The smallest absolute Gasteiger partial charge is 0.338 e. The summed E-state index contributed by atoms with van der Waals surface area (Å²) in [5.74, 6) is 0.0915. The molecule has 0 radical (unpaired) electrons. The number of hydrogen-bond acceptors (Lipinski definition) is 8. The molecule has 9 nitrogen and oxygen atoms in total. The average Bonchev–Trinajstić information content (AvgIpc) is 3.12. The van der Waals surface area contributed by atoms with Gasteiger partial charge in [0, 0.05) is 12.1 Å². The van der Waals surface area contributed by atoms with Crippen LogP contribution in [0, 0.1) is 10.1 Å². The molecule has 0 spiro atoms. The lowest BCUT2D eigenvalue weighted by Gasteiger charge is -2.25. The summed E-state index contributed by atoms with van der Waals surface area (Å²) in [6, 6.07) is 12.4. The maximum absolute atomic E-state index is 13.6. The number of non-ortho nitro benzene ring substituents is 1. The lowest BCUT2D eigenvalue weighted by Crippen LogP contribution is -2.40. The summed E-state index contributed by atoms with van der Waals surface area (Å²) in [6.07, 6.45) is 1.24. The number of hydrogen-bond donors (Lipinski definition) is 0. The molecule has 0 unspecified atom stereocenters. The highest BCUT2D eigenvalue weighted by atomic mass is 32.1. The number of carbonyl (C=O) groups is 1. The summed E-state index contributed by atoms with van der Waals surface area (Å²) in [7, 11) is 1.56. The monoisotopic (exact) mass is 493 g/mol. The number of nitro groups is 1. The van der Waals surface area contributed by atoms with Gasteiger partial charge in [-0.3, -0.25) is 19.5 Å². The van der Waals surface area contributed by atoms with Gasteiger partial charge >= 0.3 is 5.97 Å². The number of methoxy groups -OCH3 is 1. The second kappa shape index (κ2) is 9.67. The van der Waals surface area contributed by atoms with Crippen LogP contribution in [0.2, 0.25) is 0 Å². The molecule has 1 aliphatic rings. The van der Waals surface area contributed by atoms with Crippen molar-refractivity contribution < 1.29 is 19.2 Å². The predicted molar refractivity (Wildman–Crippen MR) is 131 cm³/mol. The van der Waals surface area contributed by atoms with E-state index in [4.69, 9.17) is 9.47 Å². The Labute approximate surface area is 204 Å². The van der Waals surface area contributed by atoms with Crippen molar-refractivity contribution in [2.24, 2.45) is 4.99 Å². The molecule has 0 fully saturated rings. The maximum Gasteiger partial charge on any atom is 0.338 e.